The average Bonchev–Trinajstić information content (AvgIpc) is 2.49. The van der Waals surface area contributed by atoms with E-state index in [1.807, 2.05) is 12.1 Å². The summed E-state index contributed by atoms with van der Waals surface area (Å²) >= 11 is 7.51. The van der Waals surface area contributed by atoms with E-state index in [0.717, 1.165) is 5.75 Å². The van der Waals surface area contributed by atoms with Gasteiger partial charge in [-0.05, 0) is 36.6 Å². The van der Waals surface area contributed by atoms with Crippen LogP contribution in [0.1, 0.15) is 11.1 Å². The monoisotopic (exact) mass is 324 g/mol. The van der Waals surface area contributed by atoms with E-state index in [9.17, 15) is 4.39 Å². The van der Waals surface area contributed by atoms with Crippen LogP contribution in [0.5, 0.6) is 0 Å². The Balaban J connectivity index is 2.01. The minimum Gasteiger partial charge on any atom is -0.271 e. The van der Waals surface area contributed by atoms with Gasteiger partial charge in [-0.1, -0.05) is 41.9 Å². The van der Waals surface area contributed by atoms with Gasteiger partial charge in [-0.2, -0.15) is 0 Å². The van der Waals surface area contributed by atoms with Crippen molar-refractivity contribution in [2.75, 3.05) is 5.75 Å². The van der Waals surface area contributed by atoms with Crippen molar-refractivity contribution in [2.24, 2.45) is 5.84 Å². The first-order chi connectivity index (χ1) is 10.1. The number of aryl methyl sites for hydroxylation is 1. The molecule has 0 heterocycles. The molecule has 2 nitrogen and oxygen atoms in total. The minimum atomic E-state index is -0.361. The van der Waals surface area contributed by atoms with Crippen molar-refractivity contribution in [3.05, 3.63) is 64.4 Å². The molecule has 0 radical (unpaired) electrons. The quantitative estimate of drug-likeness (QED) is 0.480. The standard InChI is InChI=1S/C16H18ClFN2S/c1-11-5-2-3-8-15(11)21-10-13(20-19)9-12-6-4-7-14(17)16(12)18/h2-8,13,20H,9-10,19H2,1H3. The van der Waals surface area contributed by atoms with Gasteiger partial charge in [0.25, 0.3) is 0 Å². The molecule has 2 aromatic rings. The van der Waals surface area contributed by atoms with Gasteiger partial charge in [0.1, 0.15) is 5.82 Å². The van der Waals surface area contributed by atoms with Crippen LogP contribution in [0.15, 0.2) is 47.4 Å². The molecule has 0 bridgehead atoms. The van der Waals surface area contributed by atoms with Crippen LogP contribution in [0.4, 0.5) is 4.39 Å². The first-order valence-corrected chi connectivity index (χ1v) is 8.05. The summed E-state index contributed by atoms with van der Waals surface area (Å²) in [4.78, 5) is 1.21. The zero-order chi connectivity index (χ0) is 15.2. The summed E-state index contributed by atoms with van der Waals surface area (Å²) in [7, 11) is 0. The highest BCUT2D eigenvalue weighted by Gasteiger charge is 2.13. The van der Waals surface area contributed by atoms with E-state index in [-0.39, 0.29) is 16.9 Å². The van der Waals surface area contributed by atoms with Crippen molar-refractivity contribution in [3.8, 4) is 0 Å². The predicted molar refractivity (Wildman–Crippen MR) is 88.1 cm³/mol. The average molecular weight is 325 g/mol. The number of nitrogens with two attached hydrogens (primary N) is 1. The lowest BCUT2D eigenvalue weighted by atomic mass is 10.1. The molecule has 112 valence electrons. The molecule has 0 spiro atoms. The number of rotatable bonds is 6. The van der Waals surface area contributed by atoms with Crippen molar-refractivity contribution in [1.82, 2.24) is 5.43 Å². The molecule has 5 heteroatoms. The van der Waals surface area contributed by atoms with Gasteiger partial charge in [0, 0.05) is 16.7 Å². The number of hydrazine groups is 1. The van der Waals surface area contributed by atoms with Crippen LogP contribution in [0.25, 0.3) is 0 Å². The second-order valence-corrected chi connectivity index (χ2v) is 6.33. The maximum Gasteiger partial charge on any atom is 0.145 e. The maximum absolute atomic E-state index is 13.9. The van der Waals surface area contributed by atoms with Crippen LogP contribution < -0.4 is 11.3 Å². The molecule has 0 aliphatic rings. The number of benzene rings is 2. The van der Waals surface area contributed by atoms with E-state index in [2.05, 4.69) is 24.5 Å². The molecule has 0 aliphatic heterocycles. The SMILES string of the molecule is Cc1ccccc1SCC(Cc1cccc(Cl)c1F)NN. The Morgan fingerprint density at radius 2 is 2.00 bits per heavy atom. The zero-order valence-electron chi connectivity index (χ0n) is 11.8. The molecule has 21 heavy (non-hydrogen) atoms. The van der Waals surface area contributed by atoms with Gasteiger partial charge in [0.05, 0.1) is 5.02 Å². The number of halogens is 2. The van der Waals surface area contributed by atoms with E-state index >= 15 is 0 Å². The molecule has 1 atom stereocenters. The Labute approximate surface area is 133 Å². The van der Waals surface area contributed by atoms with Gasteiger partial charge in [-0.25, -0.2) is 4.39 Å². The second-order valence-electron chi connectivity index (χ2n) is 4.86. The third kappa shape index (κ3) is 4.45. The van der Waals surface area contributed by atoms with E-state index in [4.69, 9.17) is 17.4 Å². The molecule has 2 aromatic carbocycles. The summed E-state index contributed by atoms with van der Waals surface area (Å²) in [5.74, 6) is 5.99. The lowest BCUT2D eigenvalue weighted by molar-refractivity contribution is 0.547. The number of thioether (sulfide) groups is 1. The lowest BCUT2D eigenvalue weighted by Crippen LogP contribution is -2.38. The van der Waals surface area contributed by atoms with E-state index < -0.39 is 0 Å². The Morgan fingerprint density at radius 3 is 2.71 bits per heavy atom. The van der Waals surface area contributed by atoms with Crippen molar-refractivity contribution in [2.45, 2.75) is 24.3 Å². The van der Waals surface area contributed by atoms with Crippen LogP contribution in [0.2, 0.25) is 5.02 Å². The Hall–Kier alpha value is -1.07. The highest BCUT2D eigenvalue weighted by molar-refractivity contribution is 7.99. The fourth-order valence-electron chi connectivity index (χ4n) is 2.05. The van der Waals surface area contributed by atoms with Gasteiger partial charge in [0.2, 0.25) is 0 Å². The second kappa shape index (κ2) is 7.80. The summed E-state index contributed by atoms with van der Waals surface area (Å²) in [6, 6.07) is 13.2. The third-order valence-corrected chi connectivity index (χ3v) is 4.90. The van der Waals surface area contributed by atoms with E-state index in [0.29, 0.717) is 12.0 Å². The third-order valence-electron chi connectivity index (χ3n) is 3.27. The highest BCUT2D eigenvalue weighted by Crippen LogP contribution is 2.24. The van der Waals surface area contributed by atoms with Crippen LogP contribution in [0, 0.1) is 12.7 Å². The molecule has 0 aliphatic carbocycles. The maximum atomic E-state index is 13.9. The molecular formula is C16H18ClFN2S. The highest BCUT2D eigenvalue weighted by atomic mass is 35.5. The molecule has 0 aromatic heterocycles. The Morgan fingerprint density at radius 1 is 1.24 bits per heavy atom. The first-order valence-electron chi connectivity index (χ1n) is 6.69. The number of nitrogens with one attached hydrogen (secondary N) is 1. The van der Waals surface area contributed by atoms with Crippen molar-refractivity contribution >= 4 is 23.4 Å². The number of hydrogen-bond donors (Lipinski definition) is 2. The first kappa shape index (κ1) is 16.3. The van der Waals surface area contributed by atoms with Crippen LogP contribution in [0.3, 0.4) is 0 Å². The fourth-order valence-corrected chi connectivity index (χ4v) is 3.31. The summed E-state index contributed by atoms with van der Waals surface area (Å²) in [6.45, 7) is 2.07. The molecule has 0 saturated carbocycles. The van der Waals surface area contributed by atoms with Crippen molar-refractivity contribution < 1.29 is 4.39 Å². The smallest absolute Gasteiger partial charge is 0.145 e. The van der Waals surface area contributed by atoms with Crippen molar-refractivity contribution in [3.63, 3.8) is 0 Å². The van der Waals surface area contributed by atoms with Gasteiger partial charge < -0.3 is 0 Å². The summed E-state index contributed by atoms with van der Waals surface area (Å²) in [5.41, 5.74) is 4.56. The number of hydrogen-bond acceptors (Lipinski definition) is 3. The molecule has 2 rings (SSSR count). The van der Waals surface area contributed by atoms with Gasteiger partial charge in [-0.3, -0.25) is 11.3 Å². The van der Waals surface area contributed by atoms with Gasteiger partial charge in [-0.15, -0.1) is 11.8 Å². The predicted octanol–water partition coefficient (Wildman–Crippen LogP) is 3.95. The largest absolute Gasteiger partial charge is 0.271 e. The van der Waals surface area contributed by atoms with Crippen molar-refractivity contribution in [1.29, 1.82) is 0 Å². The molecule has 0 amide bonds. The van der Waals surface area contributed by atoms with Crippen LogP contribution in [-0.4, -0.2) is 11.8 Å². The molecule has 3 N–H and O–H groups in total. The Kier molecular flexibility index (Phi) is 6.06. The summed E-state index contributed by atoms with van der Waals surface area (Å²) in [6.07, 6.45) is 0.502. The topological polar surface area (TPSA) is 38.0 Å². The van der Waals surface area contributed by atoms with Gasteiger partial charge >= 0.3 is 0 Å². The molecular weight excluding hydrogens is 307 g/mol. The fraction of sp³-hybridized carbons (Fsp3) is 0.250. The normalized spacial score (nSPS) is 12.4. The summed E-state index contributed by atoms with van der Waals surface area (Å²) < 4.78 is 13.9. The van der Waals surface area contributed by atoms with Crippen LogP contribution in [-0.2, 0) is 6.42 Å². The minimum absolute atomic E-state index is 0.0254. The van der Waals surface area contributed by atoms with Gasteiger partial charge in [0.15, 0.2) is 0 Å². The summed E-state index contributed by atoms with van der Waals surface area (Å²) in [5, 5.41) is 0.148. The zero-order valence-corrected chi connectivity index (χ0v) is 13.3. The molecule has 0 fully saturated rings. The lowest BCUT2D eigenvalue weighted by Gasteiger charge is -2.17. The molecule has 1 unspecified atom stereocenters. The van der Waals surface area contributed by atoms with E-state index in [1.165, 1.54) is 10.5 Å². The Bertz CT molecular complexity index is 607. The van der Waals surface area contributed by atoms with E-state index in [1.54, 1.807) is 30.0 Å². The van der Waals surface area contributed by atoms with Crippen LogP contribution >= 0.6 is 23.4 Å². The molecule has 0 saturated heterocycles.